The lowest BCUT2D eigenvalue weighted by atomic mass is 9.84. The van der Waals surface area contributed by atoms with Gasteiger partial charge in [0.2, 0.25) is 5.91 Å². The van der Waals surface area contributed by atoms with E-state index < -0.39 is 0 Å². The van der Waals surface area contributed by atoms with Crippen LogP contribution in [0.1, 0.15) is 38.5 Å². The van der Waals surface area contributed by atoms with Crippen LogP contribution in [0.15, 0.2) is 23.3 Å². The maximum atomic E-state index is 12.5. The fourth-order valence-electron chi connectivity index (χ4n) is 2.77. The van der Waals surface area contributed by atoms with Gasteiger partial charge in [0.1, 0.15) is 6.54 Å². The first-order valence-corrected chi connectivity index (χ1v) is 7.08. The van der Waals surface area contributed by atoms with Crippen molar-refractivity contribution in [2.45, 2.75) is 57.2 Å². The van der Waals surface area contributed by atoms with E-state index in [0.717, 1.165) is 25.7 Å². The number of carbonyl (C=O) groups is 1. The van der Waals surface area contributed by atoms with E-state index in [4.69, 9.17) is 0 Å². The standard InChI is InChI=1S/C14H19N3O2/c18-13(10-16-9-3-8-15-14(16)19)17(11-4-1-5-11)12-6-2-7-12/h3,8-9,11-12H,1-2,4-7,10H2. The summed E-state index contributed by atoms with van der Waals surface area (Å²) in [6, 6.07) is 2.50. The van der Waals surface area contributed by atoms with Crippen molar-refractivity contribution in [2.75, 3.05) is 0 Å². The Hall–Kier alpha value is -1.65. The van der Waals surface area contributed by atoms with Crippen LogP contribution in [0.5, 0.6) is 0 Å². The highest BCUT2D eigenvalue weighted by Crippen LogP contribution is 2.33. The number of nitrogens with zero attached hydrogens (tertiary/aromatic N) is 3. The molecular formula is C14H19N3O2. The van der Waals surface area contributed by atoms with Crippen molar-refractivity contribution in [3.05, 3.63) is 28.9 Å². The predicted molar refractivity (Wildman–Crippen MR) is 70.6 cm³/mol. The molecule has 19 heavy (non-hydrogen) atoms. The highest BCUT2D eigenvalue weighted by atomic mass is 16.2. The molecule has 0 atom stereocenters. The maximum absolute atomic E-state index is 12.5. The lowest BCUT2D eigenvalue weighted by Gasteiger charge is -2.46. The molecule has 0 aromatic carbocycles. The van der Waals surface area contributed by atoms with E-state index >= 15 is 0 Å². The topological polar surface area (TPSA) is 55.2 Å². The van der Waals surface area contributed by atoms with Crippen LogP contribution in [-0.4, -0.2) is 32.4 Å². The van der Waals surface area contributed by atoms with Gasteiger partial charge in [0.15, 0.2) is 0 Å². The molecule has 0 aliphatic heterocycles. The number of hydrogen-bond acceptors (Lipinski definition) is 3. The monoisotopic (exact) mass is 261 g/mol. The molecule has 5 nitrogen and oxygen atoms in total. The van der Waals surface area contributed by atoms with Crippen LogP contribution < -0.4 is 5.69 Å². The highest BCUT2D eigenvalue weighted by Gasteiger charge is 2.36. The first-order chi connectivity index (χ1) is 9.25. The van der Waals surface area contributed by atoms with Crippen molar-refractivity contribution in [1.29, 1.82) is 0 Å². The van der Waals surface area contributed by atoms with Gasteiger partial charge in [0.25, 0.3) is 0 Å². The smallest absolute Gasteiger partial charge is 0.335 e. The fourth-order valence-corrected chi connectivity index (χ4v) is 2.77. The average Bonchev–Trinajstić information content (AvgIpc) is 2.26. The molecule has 0 N–H and O–H groups in total. The Kier molecular flexibility index (Phi) is 3.36. The minimum atomic E-state index is -0.349. The number of aromatic nitrogens is 2. The van der Waals surface area contributed by atoms with Gasteiger partial charge in [0.05, 0.1) is 0 Å². The van der Waals surface area contributed by atoms with E-state index in [1.807, 2.05) is 4.90 Å². The summed E-state index contributed by atoms with van der Waals surface area (Å²) in [5.41, 5.74) is -0.349. The van der Waals surface area contributed by atoms with Crippen LogP contribution in [0.3, 0.4) is 0 Å². The highest BCUT2D eigenvalue weighted by molar-refractivity contribution is 5.77. The van der Waals surface area contributed by atoms with Crippen molar-refractivity contribution in [3.63, 3.8) is 0 Å². The summed E-state index contributed by atoms with van der Waals surface area (Å²) in [6.07, 6.45) is 9.98. The summed E-state index contributed by atoms with van der Waals surface area (Å²) in [7, 11) is 0. The van der Waals surface area contributed by atoms with Gasteiger partial charge in [-0.25, -0.2) is 9.78 Å². The Morgan fingerprint density at radius 3 is 2.37 bits per heavy atom. The summed E-state index contributed by atoms with van der Waals surface area (Å²) >= 11 is 0. The third-order valence-electron chi connectivity index (χ3n) is 4.31. The molecule has 5 heteroatoms. The van der Waals surface area contributed by atoms with Crippen molar-refractivity contribution in [2.24, 2.45) is 0 Å². The third-order valence-corrected chi connectivity index (χ3v) is 4.31. The Bertz CT molecular complexity index is 503. The molecule has 3 rings (SSSR count). The van der Waals surface area contributed by atoms with Gasteiger partial charge >= 0.3 is 5.69 Å². The summed E-state index contributed by atoms with van der Waals surface area (Å²) in [5.74, 6) is 0.0736. The van der Waals surface area contributed by atoms with E-state index in [2.05, 4.69) is 4.98 Å². The van der Waals surface area contributed by atoms with Crippen molar-refractivity contribution in [1.82, 2.24) is 14.5 Å². The molecule has 1 aromatic rings. The number of carbonyl (C=O) groups excluding carboxylic acids is 1. The van der Waals surface area contributed by atoms with E-state index in [1.165, 1.54) is 23.6 Å². The van der Waals surface area contributed by atoms with Gasteiger partial charge in [-0.05, 0) is 44.6 Å². The number of hydrogen-bond donors (Lipinski definition) is 0. The van der Waals surface area contributed by atoms with Gasteiger partial charge in [-0.15, -0.1) is 0 Å². The van der Waals surface area contributed by atoms with Crippen molar-refractivity contribution in [3.8, 4) is 0 Å². The van der Waals surface area contributed by atoms with Crippen LogP contribution >= 0.6 is 0 Å². The Balaban J connectivity index is 1.73. The largest absolute Gasteiger partial charge is 0.347 e. The number of amides is 1. The molecule has 102 valence electrons. The molecule has 1 amide bonds. The molecule has 2 aliphatic rings. The summed E-state index contributed by atoms with van der Waals surface area (Å²) in [5, 5.41) is 0. The zero-order valence-electron chi connectivity index (χ0n) is 11.0. The molecule has 0 unspecified atom stereocenters. The SMILES string of the molecule is O=C(Cn1cccnc1=O)N(C1CCC1)C1CCC1. The van der Waals surface area contributed by atoms with Crippen LogP contribution in [0.25, 0.3) is 0 Å². The molecule has 0 spiro atoms. The van der Waals surface area contributed by atoms with E-state index in [0.29, 0.717) is 12.1 Å². The van der Waals surface area contributed by atoms with Gasteiger partial charge in [-0.2, -0.15) is 0 Å². The van der Waals surface area contributed by atoms with Gasteiger partial charge in [0, 0.05) is 24.5 Å². The maximum Gasteiger partial charge on any atom is 0.347 e. The Morgan fingerprint density at radius 2 is 1.89 bits per heavy atom. The van der Waals surface area contributed by atoms with Crippen molar-refractivity contribution >= 4 is 5.91 Å². The third kappa shape index (κ3) is 2.41. The van der Waals surface area contributed by atoms with E-state index in [-0.39, 0.29) is 18.1 Å². The average molecular weight is 261 g/mol. The molecule has 0 saturated heterocycles. The van der Waals surface area contributed by atoms with Gasteiger partial charge < -0.3 is 4.90 Å². The molecule has 2 saturated carbocycles. The van der Waals surface area contributed by atoms with E-state index in [9.17, 15) is 9.59 Å². The lowest BCUT2D eigenvalue weighted by molar-refractivity contribution is -0.141. The summed E-state index contributed by atoms with van der Waals surface area (Å²) < 4.78 is 1.40. The molecule has 0 radical (unpaired) electrons. The number of rotatable bonds is 4. The summed E-state index contributed by atoms with van der Waals surface area (Å²) in [4.78, 5) is 29.8. The van der Waals surface area contributed by atoms with Crippen LogP contribution in [0.2, 0.25) is 0 Å². The minimum Gasteiger partial charge on any atom is -0.335 e. The predicted octanol–water partition coefficient (Wildman–Crippen LogP) is 1.18. The first-order valence-electron chi connectivity index (χ1n) is 7.08. The van der Waals surface area contributed by atoms with Crippen LogP contribution in [0, 0.1) is 0 Å². The molecule has 2 aliphatic carbocycles. The van der Waals surface area contributed by atoms with Gasteiger partial charge in [-0.3, -0.25) is 9.36 Å². The fraction of sp³-hybridized carbons (Fsp3) is 0.643. The summed E-state index contributed by atoms with van der Waals surface area (Å²) in [6.45, 7) is 0.125. The molecule has 1 aromatic heterocycles. The van der Waals surface area contributed by atoms with Crippen LogP contribution in [-0.2, 0) is 11.3 Å². The van der Waals surface area contributed by atoms with Crippen LogP contribution in [0.4, 0.5) is 0 Å². The Morgan fingerprint density at radius 1 is 1.26 bits per heavy atom. The van der Waals surface area contributed by atoms with Crippen molar-refractivity contribution < 1.29 is 4.79 Å². The second kappa shape index (κ2) is 5.15. The second-order valence-corrected chi connectivity index (χ2v) is 5.50. The lowest BCUT2D eigenvalue weighted by Crippen LogP contribution is -2.54. The van der Waals surface area contributed by atoms with E-state index in [1.54, 1.807) is 12.3 Å². The molecule has 0 bridgehead atoms. The second-order valence-electron chi connectivity index (χ2n) is 5.50. The Labute approximate surface area is 112 Å². The first kappa shape index (κ1) is 12.4. The molecule has 2 fully saturated rings. The molecular weight excluding hydrogens is 242 g/mol. The normalized spacial score (nSPS) is 19.6. The van der Waals surface area contributed by atoms with Gasteiger partial charge in [-0.1, -0.05) is 0 Å². The zero-order valence-corrected chi connectivity index (χ0v) is 11.0. The minimum absolute atomic E-state index is 0.0736. The quantitative estimate of drug-likeness (QED) is 0.817. The molecule has 1 heterocycles. The zero-order chi connectivity index (χ0) is 13.2.